The van der Waals surface area contributed by atoms with E-state index in [1.165, 1.54) is 30.5 Å². The lowest BCUT2D eigenvalue weighted by Crippen LogP contribution is -2.41. The number of aromatic nitrogens is 2. The van der Waals surface area contributed by atoms with Gasteiger partial charge >= 0.3 is 0 Å². The van der Waals surface area contributed by atoms with Crippen molar-refractivity contribution in [1.82, 2.24) is 20.4 Å². The van der Waals surface area contributed by atoms with E-state index < -0.39 is 0 Å². The number of carbonyl (C=O) groups excluding carboxylic acids is 1. The summed E-state index contributed by atoms with van der Waals surface area (Å²) in [6.07, 6.45) is 9.86. The summed E-state index contributed by atoms with van der Waals surface area (Å²) >= 11 is 0. The van der Waals surface area contributed by atoms with Gasteiger partial charge in [-0.1, -0.05) is 18.6 Å². The zero-order chi connectivity index (χ0) is 13.9. The number of hydrogen-bond acceptors (Lipinski definition) is 3. The van der Waals surface area contributed by atoms with E-state index in [0.717, 1.165) is 25.1 Å². The number of amides is 1. The summed E-state index contributed by atoms with van der Waals surface area (Å²) in [5.74, 6) is 0.115. The number of rotatable bonds is 3. The molecule has 116 valence electrons. The summed E-state index contributed by atoms with van der Waals surface area (Å²) in [5.41, 5.74) is 3.66. The number of carbonyl (C=O) groups is 1. The van der Waals surface area contributed by atoms with E-state index in [1.54, 1.807) is 4.90 Å². The second kappa shape index (κ2) is 7.09. The van der Waals surface area contributed by atoms with Crippen molar-refractivity contribution in [2.45, 2.75) is 44.7 Å². The highest BCUT2D eigenvalue weighted by Gasteiger charge is 2.23. The zero-order valence-corrected chi connectivity index (χ0v) is 13.2. The van der Waals surface area contributed by atoms with Crippen molar-refractivity contribution < 1.29 is 4.79 Å². The van der Waals surface area contributed by atoms with Crippen LogP contribution in [0.15, 0.2) is 12.2 Å². The van der Waals surface area contributed by atoms with Gasteiger partial charge in [0.15, 0.2) is 0 Å². The Bertz CT molecular complexity index is 526. The van der Waals surface area contributed by atoms with Crippen LogP contribution in [-0.4, -0.2) is 40.6 Å². The second-order valence-corrected chi connectivity index (χ2v) is 5.70. The molecule has 0 radical (unpaired) electrons. The molecule has 0 aromatic carbocycles. The van der Waals surface area contributed by atoms with Gasteiger partial charge in [-0.3, -0.25) is 15.2 Å². The Morgan fingerprint density at radius 3 is 2.95 bits per heavy atom. The minimum absolute atomic E-state index is 0. The first-order valence-electron chi connectivity index (χ1n) is 7.45. The van der Waals surface area contributed by atoms with Gasteiger partial charge in [0.2, 0.25) is 5.91 Å². The summed E-state index contributed by atoms with van der Waals surface area (Å²) in [5, 5.41) is 10.8. The van der Waals surface area contributed by atoms with Crippen LogP contribution >= 0.6 is 12.4 Å². The molecule has 0 spiro atoms. The highest BCUT2D eigenvalue weighted by Crippen LogP contribution is 2.22. The van der Waals surface area contributed by atoms with Crippen LogP contribution in [-0.2, 0) is 24.2 Å². The molecule has 1 atom stereocenters. The van der Waals surface area contributed by atoms with Gasteiger partial charge in [-0.15, -0.1) is 12.4 Å². The number of likely N-dealkylation sites (N-methyl/N-ethyl adjacent to an activating group) is 1. The van der Waals surface area contributed by atoms with E-state index >= 15 is 0 Å². The Hall–Kier alpha value is -1.33. The Morgan fingerprint density at radius 2 is 2.19 bits per heavy atom. The Labute approximate surface area is 131 Å². The van der Waals surface area contributed by atoms with Crippen LogP contribution in [0.1, 0.15) is 36.2 Å². The Morgan fingerprint density at radius 1 is 1.38 bits per heavy atom. The van der Waals surface area contributed by atoms with Gasteiger partial charge in [-0.05, 0) is 31.2 Å². The Balaban J connectivity index is 0.00000161. The number of aromatic amines is 1. The van der Waals surface area contributed by atoms with Gasteiger partial charge in [0.1, 0.15) is 6.04 Å². The van der Waals surface area contributed by atoms with Crippen LogP contribution in [0.3, 0.4) is 0 Å². The lowest BCUT2D eigenvalue weighted by Gasteiger charge is -2.20. The summed E-state index contributed by atoms with van der Waals surface area (Å²) in [7, 11) is 1.86. The molecule has 2 heterocycles. The third-order valence-corrected chi connectivity index (χ3v) is 4.21. The van der Waals surface area contributed by atoms with Crippen molar-refractivity contribution in [3.63, 3.8) is 0 Å². The third-order valence-electron chi connectivity index (χ3n) is 4.21. The molecule has 6 heteroatoms. The molecule has 1 amide bonds. The van der Waals surface area contributed by atoms with Crippen LogP contribution in [0.4, 0.5) is 0 Å². The van der Waals surface area contributed by atoms with Gasteiger partial charge in [0, 0.05) is 19.3 Å². The molecular formula is C15H23ClN4O. The van der Waals surface area contributed by atoms with E-state index in [1.807, 2.05) is 19.2 Å². The van der Waals surface area contributed by atoms with Crippen LogP contribution in [0.5, 0.6) is 0 Å². The smallest absolute Gasteiger partial charge is 0.243 e. The maximum atomic E-state index is 12.3. The Kier molecular flexibility index (Phi) is 5.42. The zero-order valence-electron chi connectivity index (χ0n) is 12.4. The molecule has 0 fully saturated rings. The average Bonchev–Trinajstić information content (AvgIpc) is 3.04. The second-order valence-electron chi connectivity index (χ2n) is 5.70. The number of halogens is 1. The molecule has 1 aromatic rings. The third kappa shape index (κ3) is 3.47. The first-order chi connectivity index (χ1) is 9.75. The van der Waals surface area contributed by atoms with Gasteiger partial charge in [0.25, 0.3) is 0 Å². The van der Waals surface area contributed by atoms with Crippen LogP contribution in [0.25, 0.3) is 0 Å². The summed E-state index contributed by atoms with van der Waals surface area (Å²) in [4.78, 5) is 14.1. The van der Waals surface area contributed by atoms with Gasteiger partial charge < -0.3 is 4.90 Å². The fourth-order valence-electron chi connectivity index (χ4n) is 3.03. The van der Waals surface area contributed by atoms with E-state index in [9.17, 15) is 4.79 Å². The summed E-state index contributed by atoms with van der Waals surface area (Å²) in [6.45, 7) is 1.37. The largest absolute Gasteiger partial charge is 0.338 e. The SMILES string of the molecule is CN(Cc1n[nH]c2c1CCCCC2)C(=O)C1C=CCN1.Cl. The number of hydrogen-bond donors (Lipinski definition) is 2. The normalized spacial score (nSPS) is 20.5. The van der Waals surface area contributed by atoms with Crippen molar-refractivity contribution in [1.29, 1.82) is 0 Å². The molecule has 3 rings (SSSR count). The minimum atomic E-state index is -0.169. The van der Waals surface area contributed by atoms with Crippen LogP contribution in [0, 0.1) is 0 Å². The molecule has 1 unspecified atom stereocenters. The number of nitrogens with zero attached hydrogens (tertiary/aromatic N) is 2. The maximum Gasteiger partial charge on any atom is 0.243 e. The van der Waals surface area contributed by atoms with Crippen molar-refractivity contribution in [3.8, 4) is 0 Å². The van der Waals surface area contributed by atoms with Gasteiger partial charge in [-0.25, -0.2) is 0 Å². The number of nitrogens with one attached hydrogen (secondary N) is 2. The topological polar surface area (TPSA) is 61.0 Å². The first-order valence-corrected chi connectivity index (χ1v) is 7.45. The molecule has 1 aliphatic carbocycles. The highest BCUT2D eigenvalue weighted by atomic mass is 35.5. The molecule has 1 aliphatic heterocycles. The quantitative estimate of drug-likeness (QED) is 0.658. The summed E-state index contributed by atoms with van der Waals surface area (Å²) in [6, 6.07) is -0.169. The van der Waals surface area contributed by atoms with E-state index in [0.29, 0.717) is 6.54 Å². The fourth-order valence-corrected chi connectivity index (χ4v) is 3.03. The minimum Gasteiger partial charge on any atom is -0.338 e. The molecule has 0 bridgehead atoms. The monoisotopic (exact) mass is 310 g/mol. The lowest BCUT2D eigenvalue weighted by atomic mass is 10.1. The van der Waals surface area contributed by atoms with E-state index in [2.05, 4.69) is 15.5 Å². The molecule has 0 saturated carbocycles. The molecular weight excluding hydrogens is 288 g/mol. The number of aryl methyl sites for hydroxylation is 1. The molecule has 2 aliphatic rings. The van der Waals surface area contributed by atoms with Gasteiger partial charge in [0.05, 0.1) is 12.2 Å². The first kappa shape index (κ1) is 16.0. The van der Waals surface area contributed by atoms with Crippen molar-refractivity contribution in [2.75, 3.05) is 13.6 Å². The van der Waals surface area contributed by atoms with Crippen molar-refractivity contribution in [2.24, 2.45) is 0 Å². The number of H-pyrrole nitrogens is 1. The number of fused-ring (bicyclic) bond motifs is 1. The molecule has 21 heavy (non-hydrogen) atoms. The van der Waals surface area contributed by atoms with Crippen molar-refractivity contribution >= 4 is 18.3 Å². The standard InChI is InChI=1S/C15H22N4O.ClH/c1-19(15(20)13-8-5-9-16-13)10-14-11-6-3-2-4-7-12(11)17-18-14;/h5,8,13,16H,2-4,6-7,9-10H2,1H3,(H,17,18);1H. The fraction of sp³-hybridized carbons (Fsp3) is 0.600. The molecule has 5 nitrogen and oxygen atoms in total. The average molecular weight is 311 g/mol. The van der Waals surface area contributed by atoms with Crippen LogP contribution < -0.4 is 5.32 Å². The van der Waals surface area contributed by atoms with Crippen LogP contribution in [0.2, 0.25) is 0 Å². The maximum absolute atomic E-state index is 12.3. The molecule has 2 N–H and O–H groups in total. The highest BCUT2D eigenvalue weighted by molar-refractivity contribution is 5.85. The van der Waals surface area contributed by atoms with Crippen molar-refractivity contribution in [3.05, 3.63) is 29.1 Å². The van der Waals surface area contributed by atoms with E-state index in [4.69, 9.17) is 0 Å². The van der Waals surface area contributed by atoms with Gasteiger partial charge in [-0.2, -0.15) is 5.10 Å². The predicted octanol–water partition coefficient (Wildman–Crippen LogP) is 1.59. The predicted molar refractivity (Wildman–Crippen MR) is 84.5 cm³/mol. The summed E-state index contributed by atoms with van der Waals surface area (Å²) < 4.78 is 0. The molecule has 1 aromatic heterocycles. The van der Waals surface area contributed by atoms with E-state index in [-0.39, 0.29) is 24.4 Å². The lowest BCUT2D eigenvalue weighted by molar-refractivity contribution is -0.131. The molecule has 0 saturated heterocycles.